The summed E-state index contributed by atoms with van der Waals surface area (Å²) in [5.41, 5.74) is 2.12. The molecule has 0 saturated carbocycles. The fraction of sp³-hybridized carbons (Fsp3) is 0.520. The zero-order valence-corrected chi connectivity index (χ0v) is 21.0. The van der Waals surface area contributed by atoms with Gasteiger partial charge in [0.05, 0.1) is 30.7 Å². The summed E-state index contributed by atoms with van der Waals surface area (Å²) in [5, 5.41) is 4.50. The van der Waals surface area contributed by atoms with Gasteiger partial charge in [0, 0.05) is 44.4 Å². The molecule has 2 aliphatic rings. The van der Waals surface area contributed by atoms with Crippen molar-refractivity contribution in [2.45, 2.75) is 45.8 Å². The number of piperazine rings is 1. The van der Waals surface area contributed by atoms with Gasteiger partial charge in [-0.3, -0.25) is 0 Å². The third kappa shape index (κ3) is 4.92. The topological polar surface area (TPSA) is 94.3 Å². The van der Waals surface area contributed by atoms with E-state index in [2.05, 4.69) is 10.1 Å². The van der Waals surface area contributed by atoms with Crippen LogP contribution in [0.3, 0.4) is 0 Å². The van der Waals surface area contributed by atoms with E-state index in [1.54, 1.807) is 11.1 Å². The van der Waals surface area contributed by atoms with Crippen LogP contribution < -0.4 is 9.64 Å². The van der Waals surface area contributed by atoms with E-state index in [9.17, 15) is 4.79 Å². The second-order valence-electron chi connectivity index (χ2n) is 10.1. The van der Waals surface area contributed by atoms with E-state index in [1.165, 1.54) is 10.7 Å². The number of hydrogen-bond acceptors (Lipinski definition) is 8. The molecular formula is C25H31FN6O4. The number of ether oxygens (including phenoxy) is 3. The molecule has 2 saturated heterocycles. The molecule has 1 amide bonds. The molecule has 0 spiro atoms. The average Bonchev–Trinajstić information content (AvgIpc) is 3.44. The summed E-state index contributed by atoms with van der Waals surface area (Å²) in [6.07, 6.45) is 3.39. The Morgan fingerprint density at radius 1 is 1.22 bits per heavy atom. The molecule has 0 aliphatic carbocycles. The van der Waals surface area contributed by atoms with Gasteiger partial charge in [-0.15, -0.1) is 0 Å². The Balaban J connectivity index is 1.43. The van der Waals surface area contributed by atoms with Crippen molar-refractivity contribution < 1.29 is 23.4 Å². The Morgan fingerprint density at radius 3 is 2.69 bits per heavy atom. The second kappa shape index (κ2) is 9.53. The predicted octanol–water partition coefficient (Wildman–Crippen LogP) is 3.46. The first-order valence-corrected chi connectivity index (χ1v) is 12.2. The summed E-state index contributed by atoms with van der Waals surface area (Å²) in [6.45, 7) is 10.2. The Bertz CT molecular complexity index is 1260. The highest BCUT2D eigenvalue weighted by Gasteiger charge is 2.29. The maximum Gasteiger partial charge on any atom is 0.410 e. The minimum absolute atomic E-state index is 0.0666. The van der Waals surface area contributed by atoms with Crippen LogP contribution in [0.4, 0.5) is 15.0 Å². The molecule has 2 aliphatic heterocycles. The monoisotopic (exact) mass is 498 g/mol. The van der Waals surface area contributed by atoms with Crippen LogP contribution in [0.25, 0.3) is 16.8 Å². The average molecular weight is 499 g/mol. The van der Waals surface area contributed by atoms with Gasteiger partial charge in [-0.1, -0.05) is 0 Å². The quantitative estimate of drug-likeness (QED) is 0.540. The number of hydrogen-bond donors (Lipinski definition) is 0. The van der Waals surface area contributed by atoms with Gasteiger partial charge in [0.1, 0.15) is 11.7 Å². The molecule has 5 heterocycles. The van der Waals surface area contributed by atoms with E-state index in [0.717, 1.165) is 17.5 Å². The second-order valence-corrected chi connectivity index (χ2v) is 10.1. The number of amides is 1. The van der Waals surface area contributed by atoms with E-state index in [-0.39, 0.29) is 18.0 Å². The molecule has 5 rings (SSSR count). The lowest BCUT2D eigenvalue weighted by molar-refractivity contribution is 0.0240. The normalized spacial score (nSPS) is 18.6. The van der Waals surface area contributed by atoms with E-state index < -0.39 is 11.4 Å². The minimum Gasteiger partial charge on any atom is -0.471 e. The first-order valence-electron chi connectivity index (χ1n) is 12.2. The lowest BCUT2D eigenvalue weighted by atomic mass is 10.1. The lowest BCUT2D eigenvalue weighted by Crippen LogP contribution is -2.50. The van der Waals surface area contributed by atoms with Crippen molar-refractivity contribution in [1.29, 1.82) is 0 Å². The number of carbonyl (C=O) groups is 1. The molecule has 1 unspecified atom stereocenters. The van der Waals surface area contributed by atoms with Gasteiger partial charge in [0.2, 0.25) is 5.88 Å². The summed E-state index contributed by atoms with van der Waals surface area (Å²) >= 11 is 0. The summed E-state index contributed by atoms with van der Waals surface area (Å²) in [5.74, 6) is 0.223. The van der Waals surface area contributed by atoms with Crippen LogP contribution in [0.1, 0.15) is 32.9 Å². The van der Waals surface area contributed by atoms with Crippen LogP contribution in [0.5, 0.6) is 5.88 Å². The number of halogens is 1. The van der Waals surface area contributed by atoms with Crippen molar-refractivity contribution >= 4 is 17.6 Å². The standard InChI is InChI=1S/C25H31FN6O4/c1-16-20(18-6-5-8-27-23(18)35-17-7-13-34-15-17)22-28-21(19(26)14-32(22)29-16)30-9-11-31(12-10-30)24(33)36-25(2,3)4/h5-6,8,14,17H,7,9-13,15H2,1-4H3. The highest BCUT2D eigenvalue weighted by molar-refractivity contribution is 5.83. The van der Waals surface area contributed by atoms with Gasteiger partial charge in [-0.2, -0.15) is 5.10 Å². The molecule has 0 aromatic carbocycles. The Morgan fingerprint density at radius 2 is 2.00 bits per heavy atom. The molecule has 2 fully saturated rings. The SMILES string of the molecule is Cc1nn2cc(F)c(N3CCN(C(=O)OC(C)(C)C)CC3)nc2c1-c1cccnc1OC1CCOC1. The molecule has 11 heteroatoms. The molecule has 3 aromatic rings. The zero-order valence-electron chi connectivity index (χ0n) is 21.0. The summed E-state index contributed by atoms with van der Waals surface area (Å²) < 4.78 is 33.6. The number of pyridine rings is 1. The Kier molecular flexibility index (Phi) is 6.42. The number of rotatable bonds is 4. The maximum atomic E-state index is 15.2. The predicted molar refractivity (Wildman–Crippen MR) is 131 cm³/mol. The third-order valence-electron chi connectivity index (χ3n) is 6.16. The molecule has 1 atom stereocenters. The van der Waals surface area contributed by atoms with Gasteiger partial charge < -0.3 is 24.0 Å². The minimum atomic E-state index is -0.567. The van der Waals surface area contributed by atoms with Crippen molar-refractivity contribution in [2.75, 3.05) is 44.3 Å². The summed E-state index contributed by atoms with van der Waals surface area (Å²) in [4.78, 5) is 25.1. The Labute approximate surface area is 209 Å². The summed E-state index contributed by atoms with van der Waals surface area (Å²) in [7, 11) is 0. The smallest absolute Gasteiger partial charge is 0.410 e. The number of aromatic nitrogens is 4. The van der Waals surface area contributed by atoms with Gasteiger partial charge >= 0.3 is 6.09 Å². The molecule has 0 radical (unpaired) electrons. The molecule has 192 valence electrons. The number of nitrogens with zero attached hydrogens (tertiary/aromatic N) is 6. The summed E-state index contributed by atoms with van der Waals surface area (Å²) in [6, 6.07) is 3.74. The number of aryl methyl sites for hydroxylation is 1. The zero-order chi connectivity index (χ0) is 25.4. The van der Waals surface area contributed by atoms with Crippen molar-refractivity contribution in [3.05, 3.63) is 36.0 Å². The highest BCUT2D eigenvalue weighted by Crippen LogP contribution is 2.35. The van der Waals surface area contributed by atoms with E-state index in [4.69, 9.17) is 19.2 Å². The fourth-order valence-corrected chi connectivity index (χ4v) is 4.45. The third-order valence-corrected chi connectivity index (χ3v) is 6.16. The van der Waals surface area contributed by atoms with Crippen molar-refractivity contribution in [3.8, 4) is 17.0 Å². The van der Waals surface area contributed by atoms with Crippen LogP contribution in [0.2, 0.25) is 0 Å². The van der Waals surface area contributed by atoms with Crippen molar-refractivity contribution in [1.82, 2.24) is 24.5 Å². The van der Waals surface area contributed by atoms with Crippen LogP contribution in [0, 0.1) is 12.7 Å². The lowest BCUT2D eigenvalue weighted by Gasteiger charge is -2.36. The number of carbonyl (C=O) groups excluding carboxylic acids is 1. The van der Waals surface area contributed by atoms with E-state index in [1.807, 2.05) is 44.7 Å². The van der Waals surface area contributed by atoms with Crippen LogP contribution in [-0.4, -0.2) is 81.7 Å². The molecule has 3 aromatic heterocycles. The molecule has 0 bridgehead atoms. The molecule has 0 N–H and O–H groups in total. The van der Waals surface area contributed by atoms with Crippen LogP contribution >= 0.6 is 0 Å². The maximum absolute atomic E-state index is 15.2. The molecule has 10 nitrogen and oxygen atoms in total. The van der Waals surface area contributed by atoms with Crippen LogP contribution in [0.15, 0.2) is 24.5 Å². The molecule has 36 heavy (non-hydrogen) atoms. The van der Waals surface area contributed by atoms with Gasteiger partial charge in [-0.25, -0.2) is 23.7 Å². The first-order chi connectivity index (χ1) is 17.2. The van der Waals surface area contributed by atoms with E-state index in [0.29, 0.717) is 56.6 Å². The first kappa shape index (κ1) is 24.2. The van der Waals surface area contributed by atoms with Gasteiger partial charge in [0.25, 0.3) is 0 Å². The van der Waals surface area contributed by atoms with Gasteiger partial charge in [0.15, 0.2) is 17.3 Å². The largest absolute Gasteiger partial charge is 0.471 e. The van der Waals surface area contributed by atoms with Gasteiger partial charge in [-0.05, 0) is 39.8 Å². The highest BCUT2D eigenvalue weighted by atomic mass is 19.1. The number of fused-ring (bicyclic) bond motifs is 1. The van der Waals surface area contributed by atoms with E-state index >= 15 is 4.39 Å². The number of anilines is 1. The molecular weight excluding hydrogens is 467 g/mol. The Hall–Kier alpha value is -3.47. The van der Waals surface area contributed by atoms with Crippen molar-refractivity contribution in [2.24, 2.45) is 0 Å². The van der Waals surface area contributed by atoms with Crippen LogP contribution in [-0.2, 0) is 9.47 Å². The fourth-order valence-electron chi connectivity index (χ4n) is 4.45. The van der Waals surface area contributed by atoms with Crippen molar-refractivity contribution in [3.63, 3.8) is 0 Å².